The topological polar surface area (TPSA) is 122 Å². The predicted molar refractivity (Wildman–Crippen MR) is 123 cm³/mol. The number of carbonyl (C=O) groups excluding carboxylic acids is 1. The molecule has 0 saturated heterocycles. The molecule has 0 aromatic heterocycles. The van der Waals surface area contributed by atoms with Gasteiger partial charge < -0.3 is 30.3 Å². The Morgan fingerprint density at radius 2 is 1.80 bits per heavy atom. The minimum atomic E-state index is -0.503. The monoisotopic (exact) mass is 461 g/mol. The minimum absolute atomic E-state index is 0.0300. The number of ketones is 1. The normalized spacial score (nSPS) is 13.2. The van der Waals surface area contributed by atoms with E-state index >= 15 is 0 Å². The Balaban J connectivity index is 0.00000192. The van der Waals surface area contributed by atoms with Crippen molar-refractivity contribution in [3.8, 4) is 0 Å². The van der Waals surface area contributed by atoms with Gasteiger partial charge in [-0.1, -0.05) is 11.8 Å². The fourth-order valence-corrected chi connectivity index (χ4v) is 2.69. The summed E-state index contributed by atoms with van der Waals surface area (Å²) in [6.07, 6.45) is 1.37. The summed E-state index contributed by atoms with van der Waals surface area (Å²) in [7, 11) is 0. The van der Waals surface area contributed by atoms with E-state index in [1.165, 1.54) is 25.6 Å². The highest BCUT2D eigenvalue weighted by Gasteiger charge is 2.05. The molecule has 0 heterocycles. The Morgan fingerprint density at radius 3 is 2.30 bits per heavy atom. The number of thioether (sulfide) groups is 1. The Kier molecular flexibility index (Phi) is 17.4. The molecule has 1 aromatic carbocycles. The summed E-state index contributed by atoms with van der Waals surface area (Å²) in [5, 5.41) is 39.7. The van der Waals surface area contributed by atoms with E-state index in [0.29, 0.717) is 19.6 Å². The number of halogens is 1. The van der Waals surface area contributed by atoms with Gasteiger partial charge in [-0.15, -0.1) is 11.6 Å². The van der Waals surface area contributed by atoms with Crippen LogP contribution in [0.3, 0.4) is 0 Å². The molecule has 170 valence electrons. The lowest BCUT2D eigenvalue weighted by atomic mass is 10.2. The van der Waals surface area contributed by atoms with Crippen LogP contribution in [0.15, 0.2) is 46.1 Å². The smallest absolute Gasteiger partial charge is 0.126 e. The first-order valence-electron chi connectivity index (χ1n) is 9.66. The van der Waals surface area contributed by atoms with E-state index in [-0.39, 0.29) is 30.3 Å². The first-order valence-corrected chi connectivity index (χ1v) is 11.1. The average Bonchev–Trinajstić information content (AvgIpc) is 2.71. The summed E-state index contributed by atoms with van der Waals surface area (Å²) in [4.78, 5) is 11.3. The molecule has 0 saturated carbocycles. The highest BCUT2D eigenvalue weighted by molar-refractivity contribution is 8.02. The zero-order valence-electron chi connectivity index (χ0n) is 17.8. The van der Waals surface area contributed by atoms with Gasteiger partial charge >= 0.3 is 0 Å². The van der Waals surface area contributed by atoms with E-state index in [9.17, 15) is 9.90 Å². The van der Waals surface area contributed by atoms with Gasteiger partial charge in [0.2, 0.25) is 0 Å². The van der Waals surface area contributed by atoms with Crippen LogP contribution in [0.5, 0.6) is 0 Å². The zero-order chi connectivity index (χ0) is 22.8. The van der Waals surface area contributed by atoms with Crippen LogP contribution < -0.4 is 10.2 Å². The number of aliphatic hydroxyl groups is 3. The standard InChI is InChI=1S/C17H27ClN4O3S.C3H6O/c1-14(26-11-6-19-13-17(25)12-18)20-21-15-2-4-16(5-3-15)22(7-9-23)8-10-24;1-3(2)4/h2-6,11,14,17,19,23-25H,7-10,12-13H2,1H3;1-2H3/p+1/b11-6-,21-20?;. The fourth-order valence-electron chi connectivity index (χ4n) is 2.03. The number of nitrogens with zero attached hydrogens (tertiary/aromatic N) is 3. The third kappa shape index (κ3) is 15.4. The number of benzene rings is 1. The molecule has 0 aliphatic carbocycles. The molecule has 0 spiro atoms. The molecule has 0 radical (unpaired) electrons. The number of hydrogen-bond donors (Lipinski definition) is 4. The van der Waals surface area contributed by atoms with E-state index in [4.69, 9.17) is 21.8 Å². The number of nitrogens with two attached hydrogens (primary N) is 1. The Labute approximate surface area is 188 Å². The quantitative estimate of drug-likeness (QED) is 0.263. The summed E-state index contributed by atoms with van der Waals surface area (Å²) in [6.45, 7) is 6.55. The number of quaternary nitrogens is 1. The Bertz CT molecular complexity index is 622. The van der Waals surface area contributed by atoms with Crippen LogP contribution in [0.2, 0.25) is 0 Å². The lowest BCUT2D eigenvalue weighted by Crippen LogP contribution is -2.80. The number of Topliss-reactive ketones (excluding diaryl/α,β-unsaturated/α-hetero) is 1. The van der Waals surface area contributed by atoms with Gasteiger partial charge in [0, 0.05) is 24.2 Å². The molecule has 1 aromatic rings. The van der Waals surface area contributed by atoms with Crippen LogP contribution in [-0.2, 0) is 4.79 Å². The Morgan fingerprint density at radius 1 is 1.23 bits per heavy atom. The second-order valence-electron chi connectivity index (χ2n) is 6.42. The average molecular weight is 462 g/mol. The number of azo groups is 1. The molecule has 2 atom stereocenters. The van der Waals surface area contributed by atoms with Crippen molar-refractivity contribution in [2.75, 3.05) is 43.6 Å². The first-order chi connectivity index (χ1) is 14.3. The van der Waals surface area contributed by atoms with E-state index < -0.39 is 6.10 Å². The van der Waals surface area contributed by atoms with Crippen LogP contribution >= 0.6 is 23.4 Å². The SMILES string of the molecule is CC(C)=O.CC(N=Nc1ccc(N(CCO)CCO)cc1)S/C=C\[NH2+]CC(O)CCl. The molecule has 0 fully saturated rings. The van der Waals surface area contributed by atoms with E-state index in [1.807, 2.05) is 53.0 Å². The number of aliphatic hydroxyl groups excluding tert-OH is 3. The van der Waals surface area contributed by atoms with Gasteiger partial charge in [-0.25, -0.2) is 0 Å². The van der Waals surface area contributed by atoms with Gasteiger partial charge in [0.25, 0.3) is 0 Å². The lowest BCUT2D eigenvalue weighted by molar-refractivity contribution is -0.594. The van der Waals surface area contributed by atoms with Gasteiger partial charge in [-0.3, -0.25) is 0 Å². The molecule has 2 unspecified atom stereocenters. The molecule has 0 bridgehead atoms. The summed E-state index contributed by atoms with van der Waals surface area (Å²) in [5.41, 5.74) is 1.67. The van der Waals surface area contributed by atoms with Crippen molar-refractivity contribution in [3.05, 3.63) is 35.9 Å². The van der Waals surface area contributed by atoms with Crippen LogP contribution in [0.25, 0.3) is 0 Å². The summed E-state index contributed by atoms with van der Waals surface area (Å²) >= 11 is 7.05. The Hall–Kier alpha value is -1.49. The van der Waals surface area contributed by atoms with E-state index in [2.05, 4.69) is 10.2 Å². The number of carbonyl (C=O) groups is 1. The number of anilines is 1. The van der Waals surface area contributed by atoms with Crippen molar-refractivity contribution in [1.82, 2.24) is 0 Å². The molecule has 30 heavy (non-hydrogen) atoms. The molecule has 5 N–H and O–H groups in total. The second kappa shape index (κ2) is 18.3. The second-order valence-corrected chi connectivity index (χ2v) is 7.95. The first kappa shape index (κ1) is 28.5. The molecule has 1 rings (SSSR count). The molecular formula is C20H34ClN4O4S+. The number of rotatable bonds is 13. The molecular weight excluding hydrogens is 428 g/mol. The molecule has 8 nitrogen and oxygen atoms in total. The summed E-state index contributed by atoms with van der Waals surface area (Å²) in [6, 6.07) is 7.51. The molecule has 10 heteroatoms. The van der Waals surface area contributed by atoms with Crippen molar-refractivity contribution in [1.29, 1.82) is 0 Å². The highest BCUT2D eigenvalue weighted by Crippen LogP contribution is 2.21. The number of hydrogen-bond acceptors (Lipinski definition) is 8. The largest absolute Gasteiger partial charge is 0.395 e. The molecule has 0 aliphatic rings. The number of alkyl halides is 1. The van der Waals surface area contributed by atoms with Gasteiger partial charge in [0.15, 0.2) is 0 Å². The minimum Gasteiger partial charge on any atom is -0.395 e. The van der Waals surface area contributed by atoms with Crippen LogP contribution in [0.1, 0.15) is 20.8 Å². The van der Waals surface area contributed by atoms with Gasteiger partial charge in [-0.05, 0) is 45.0 Å². The maximum Gasteiger partial charge on any atom is 0.126 e. The fraction of sp³-hybridized carbons (Fsp3) is 0.550. The van der Waals surface area contributed by atoms with Crippen LogP contribution in [-0.4, -0.2) is 71.3 Å². The van der Waals surface area contributed by atoms with Crippen molar-refractivity contribution in [3.63, 3.8) is 0 Å². The third-order valence-electron chi connectivity index (χ3n) is 3.37. The highest BCUT2D eigenvalue weighted by atomic mass is 35.5. The van der Waals surface area contributed by atoms with E-state index in [0.717, 1.165) is 11.4 Å². The van der Waals surface area contributed by atoms with Crippen molar-refractivity contribution in [2.45, 2.75) is 32.2 Å². The van der Waals surface area contributed by atoms with E-state index in [1.54, 1.807) is 0 Å². The molecule has 0 aliphatic heterocycles. The van der Waals surface area contributed by atoms with Crippen LogP contribution in [0, 0.1) is 0 Å². The van der Waals surface area contributed by atoms with Gasteiger partial charge in [0.05, 0.1) is 31.0 Å². The van der Waals surface area contributed by atoms with Crippen molar-refractivity contribution in [2.24, 2.45) is 10.2 Å². The third-order valence-corrected chi connectivity index (χ3v) is 4.53. The maximum atomic E-state index is 9.44. The lowest BCUT2D eigenvalue weighted by Gasteiger charge is -2.22. The van der Waals surface area contributed by atoms with Gasteiger partial charge in [0.1, 0.15) is 23.8 Å². The summed E-state index contributed by atoms with van der Waals surface area (Å²) in [5.74, 6) is 0.401. The predicted octanol–water partition coefficient (Wildman–Crippen LogP) is 1.87. The maximum absolute atomic E-state index is 9.44. The van der Waals surface area contributed by atoms with Crippen molar-refractivity contribution >= 4 is 40.5 Å². The molecule has 0 amide bonds. The zero-order valence-corrected chi connectivity index (χ0v) is 19.4. The van der Waals surface area contributed by atoms with Gasteiger partial charge in [-0.2, -0.15) is 10.2 Å². The summed E-state index contributed by atoms with van der Waals surface area (Å²) < 4.78 is 0. The van der Waals surface area contributed by atoms with Crippen LogP contribution in [0.4, 0.5) is 11.4 Å². The van der Waals surface area contributed by atoms with Crippen molar-refractivity contribution < 1.29 is 25.4 Å².